The summed E-state index contributed by atoms with van der Waals surface area (Å²) in [5, 5.41) is 0. The Kier molecular flexibility index (Phi) is 3.36. The molecule has 3 aromatic rings. The summed E-state index contributed by atoms with van der Waals surface area (Å²) in [5.74, 6) is 1.53. The van der Waals surface area contributed by atoms with E-state index in [1.807, 2.05) is 55.5 Å². The maximum absolute atomic E-state index is 5.61. The van der Waals surface area contributed by atoms with Crippen LogP contribution >= 0.6 is 0 Å². The van der Waals surface area contributed by atoms with E-state index in [4.69, 9.17) is 14.9 Å². The predicted octanol–water partition coefficient (Wildman–Crippen LogP) is 3.91. The lowest BCUT2D eigenvalue weighted by molar-refractivity contribution is 0.416. The van der Waals surface area contributed by atoms with Crippen LogP contribution in [0.5, 0.6) is 5.75 Å². The van der Waals surface area contributed by atoms with E-state index in [1.54, 1.807) is 7.11 Å². The number of nitrogens with two attached hydrogens (primary N) is 1. The maximum Gasteiger partial charge on any atom is 0.292 e. The summed E-state index contributed by atoms with van der Waals surface area (Å²) in [6.07, 6.45) is 0. The molecule has 0 aliphatic carbocycles. The number of aryl methyl sites for hydroxylation is 1. The molecule has 0 aliphatic rings. The second-order valence-electron chi connectivity index (χ2n) is 4.75. The fourth-order valence-corrected chi connectivity index (χ4v) is 2.40. The second-order valence-corrected chi connectivity index (χ2v) is 4.75. The van der Waals surface area contributed by atoms with Crippen LogP contribution in [-0.2, 0) is 0 Å². The molecule has 0 aliphatic heterocycles. The lowest BCUT2D eigenvalue weighted by Crippen LogP contribution is -1.88. The van der Waals surface area contributed by atoms with Gasteiger partial charge in [0.25, 0.3) is 6.01 Å². The number of hydrogen-bond acceptors (Lipinski definition) is 4. The molecule has 3 rings (SSSR count). The van der Waals surface area contributed by atoms with Gasteiger partial charge in [0.05, 0.1) is 12.8 Å². The van der Waals surface area contributed by atoms with Crippen LogP contribution in [0.3, 0.4) is 0 Å². The first-order chi connectivity index (χ1) is 10.2. The Bertz CT molecular complexity index is 778. The minimum absolute atomic E-state index is 0.185. The van der Waals surface area contributed by atoms with E-state index < -0.39 is 0 Å². The minimum atomic E-state index is 0.185. The van der Waals surface area contributed by atoms with Crippen LogP contribution in [0.15, 0.2) is 52.9 Å². The Balaban J connectivity index is 2.10. The Morgan fingerprint density at radius 1 is 1.05 bits per heavy atom. The average Bonchev–Trinajstić information content (AvgIpc) is 2.86. The van der Waals surface area contributed by atoms with E-state index in [2.05, 4.69) is 4.98 Å². The highest BCUT2D eigenvalue weighted by atomic mass is 16.5. The number of anilines is 1. The van der Waals surface area contributed by atoms with E-state index in [-0.39, 0.29) is 6.01 Å². The van der Waals surface area contributed by atoms with Crippen molar-refractivity contribution in [2.75, 3.05) is 12.8 Å². The van der Waals surface area contributed by atoms with Gasteiger partial charge < -0.3 is 14.9 Å². The molecule has 2 N–H and O–H groups in total. The minimum Gasteiger partial charge on any atom is -0.496 e. The summed E-state index contributed by atoms with van der Waals surface area (Å²) >= 11 is 0. The molecule has 0 amide bonds. The first-order valence-electron chi connectivity index (χ1n) is 6.66. The number of rotatable bonds is 3. The molecule has 0 bridgehead atoms. The molecule has 4 nitrogen and oxygen atoms in total. The van der Waals surface area contributed by atoms with Gasteiger partial charge in [-0.15, -0.1) is 0 Å². The standard InChI is InChI=1S/C17H16N2O2/c1-11-16(21-17(18)19-11)13-7-5-6-12(10-13)14-8-3-4-9-15(14)20-2/h3-10H,1-2H3,(H2,18,19). The van der Waals surface area contributed by atoms with Gasteiger partial charge >= 0.3 is 0 Å². The van der Waals surface area contributed by atoms with Gasteiger partial charge in [-0.2, -0.15) is 4.98 Å². The van der Waals surface area contributed by atoms with E-state index in [9.17, 15) is 0 Å². The molecule has 0 saturated heterocycles. The SMILES string of the molecule is COc1ccccc1-c1cccc(-c2oc(N)nc2C)c1. The number of aromatic nitrogens is 1. The molecular weight excluding hydrogens is 264 g/mol. The van der Waals surface area contributed by atoms with Crippen molar-refractivity contribution in [2.45, 2.75) is 6.92 Å². The van der Waals surface area contributed by atoms with Crippen molar-refractivity contribution >= 4 is 6.01 Å². The van der Waals surface area contributed by atoms with Gasteiger partial charge in [0.15, 0.2) is 5.76 Å². The van der Waals surface area contributed by atoms with Crippen LogP contribution in [0.4, 0.5) is 6.01 Å². The Labute approximate surface area is 123 Å². The highest BCUT2D eigenvalue weighted by molar-refractivity contribution is 5.75. The number of oxazole rings is 1. The molecule has 0 atom stereocenters. The largest absolute Gasteiger partial charge is 0.496 e. The Morgan fingerprint density at radius 2 is 1.81 bits per heavy atom. The van der Waals surface area contributed by atoms with Crippen molar-refractivity contribution in [2.24, 2.45) is 0 Å². The lowest BCUT2D eigenvalue weighted by Gasteiger charge is -2.09. The van der Waals surface area contributed by atoms with Gasteiger partial charge in [0.2, 0.25) is 0 Å². The van der Waals surface area contributed by atoms with Crippen molar-refractivity contribution in [1.29, 1.82) is 0 Å². The van der Waals surface area contributed by atoms with Crippen molar-refractivity contribution in [3.63, 3.8) is 0 Å². The number of ether oxygens (including phenoxy) is 1. The zero-order valence-electron chi connectivity index (χ0n) is 12.0. The molecule has 21 heavy (non-hydrogen) atoms. The third-order valence-corrected chi connectivity index (χ3v) is 3.36. The van der Waals surface area contributed by atoms with Crippen LogP contribution in [-0.4, -0.2) is 12.1 Å². The van der Waals surface area contributed by atoms with Crippen LogP contribution < -0.4 is 10.5 Å². The second kappa shape index (κ2) is 5.32. The molecule has 4 heteroatoms. The first-order valence-corrected chi connectivity index (χ1v) is 6.66. The number of para-hydroxylation sites is 1. The first kappa shape index (κ1) is 13.2. The summed E-state index contributed by atoms with van der Waals surface area (Å²) in [7, 11) is 1.67. The summed E-state index contributed by atoms with van der Waals surface area (Å²) in [4.78, 5) is 4.11. The van der Waals surface area contributed by atoms with E-state index in [0.29, 0.717) is 5.76 Å². The molecule has 2 aromatic carbocycles. The number of hydrogen-bond donors (Lipinski definition) is 1. The zero-order chi connectivity index (χ0) is 14.8. The molecule has 1 heterocycles. The Morgan fingerprint density at radius 3 is 2.52 bits per heavy atom. The van der Waals surface area contributed by atoms with Crippen molar-refractivity contribution < 1.29 is 9.15 Å². The third-order valence-electron chi connectivity index (χ3n) is 3.36. The molecular formula is C17H16N2O2. The van der Waals surface area contributed by atoms with E-state index in [1.165, 1.54) is 0 Å². The number of nitrogen functional groups attached to an aromatic ring is 1. The van der Waals surface area contributed by atoms with Gasteiger partial charge in [-0.1, -0.05) is 36.4 Å². The molecule has 0 spiro atoms. The van der Waals surface area contributed by atoms with Crippen LogP contribution in [0, 0.1) is 6.92 Å². The van der Waals surface area contributed by atoms with Gasteiger partial charge in [-0.25, -0.2) is 0 Å². The van der Waals surface area contributed by atoms with E-state index in [0.717, 1.165) is 28.1 Å². The lowest BCUT2D eigenvalue weighted by atomic mass is 10.0. The van der Waals surface area contributed by atoms with Gasteiger partial charge in [-0.05, 0) is 24.6 Å². The number of nitrogens with zero attached hydrogens (tertiary/aromatic N) is 1. The molecule has 0 saturated carbocycles. The summed E-state index contributed by atoms with van der Waals surface area (Å²) in [6.45, 7) is 1.88. The van der Waals surface area contributed by atoms with Crippen LogP contribution in [0.1, 0.15) is 5.69 Å². The maximum atomic E-state index is 5.61. The Hall–Kier alpha value is -2.75. The van der Waals surface area contributed by atoms with Crippen molar-refractivity contribution in [3.05, 3.63) is 54.2 Å². The molecule has 106 valence electrons. The van der Waals surface area contributed by atoms with Gasteiger partial charge in [-0.3, -0.25) is 0 Å². The quantitative estimate of drug-likeness (QED) is 0.790. The monoisotopic (exact) mass is 280 g/mol. The summed E-state index contributed by atoms with van der Waals surface area (Å²) in [5.41, 5.74) is 9.43. The van der Waals surface area contributed by atoms with Crippen molar-refractivity contribution in [3.8, 4) is 28.2 Å². The van der Waals surface area contributed by atoms with Crippen LogP contribution in [0.25, 0.3) is 22.5 Å². The van der Waals surface area contributed by atoms with Gasteiger partial charge in [0, 0.05) is 11.1 Å². The fraction of sp³-hybridized carbons (Fsp3) is 0.118. The molecule has 1 aromatic heterocycles. The fourth-order valence-electron chi connectivity index (χ4n) is 2.40. The zero-order valence-corrected chi connectivity index (χ0v) is 12.0. The normalized spacial score (nSPS) is 10.6. The average molecular weight is 280 g/mol. The highest BCUT2D eigenvalue weighted by Gasteiger charge is 2.12. The summed E-state index contributed by atoms with van der Waals surface area (Å²) in [6, 6.07) is 16.1. The highest BCUT2D eigenvalue weighted by Crippen LogP contribution is 2.33. The predicted molar refractivity (Wildman–Crippen MR) is 83.1 cm³/mol. The topological polar surface area (TPSA) is 61.3 Å². The van der Waals surface area contributed by atoms with Crippen molar-refractivity contribution in [1.82, 2.24) is 4.98 Å². The summed E-state index contributed by atoms with van der Waals surface area (Å²) < 4.78 is 10.9. The molecule has 0 radical (unpaired) electrons. The van der Waals surface area contributed by atoms with E-state index >= 15 is 0 Å². The van der Waals surface area contributed by atoms with Gasteiger partial charge in [0.1, 0.15) is 5.75 Å². The smallest absolute Gasteiger partial charge is 0.292 e. The molecule has 0 fully saturated rings. The number of methoxy groups -OCH3 is 1. The number of benzene rings is 2. The third kappa shape index (κ3) is 2.48. The molecule has 0 unspecified atom stereocenters. The van der Waals surface area contributed by atoms with Crippen LogP contribution in [0.2, 0.25) is 0 Å².